The van der Waals surface area contributed by atoms with E-state index in [1.807, 2.05) is 37.2 Å². The normalized spacial score (nSPS) is 10.7. The number of halogens is 2. The number of carbonyl (C=O) groups excluding carboxylic acids is 1. The Morgan fingerprint density at radius 1 is 1.32 bits per heavy atom. The first-order valence-electron chi connectivity index (χ1n) is 7.04. The van der Waals surface area contributed by atoms with Crippen LogP contribution < -0.4 is 10.3 Å². The molecule has 0 heterocycles. The molecule has 130 valence electrons. The first-order valence-corrected chi connectivity index (χ1v) is 8.21. The molecule has 0 aromatic heterocycles. The molecule has 0 radical (unpaired) electrons. The van der Waals surface area contributed by atoms with Crippen LogP contribution in [0.5, 0.6) is 0 Å². The Kier molecular flexibility index (Phi) is 6.11. The van der Waals surface area contributed by atoms with E-state index >= 15 is 0 Å². The van der Waals surface area contributed by atoms with Gasteiger partial charge in [0, 0.05) is 30.2 Å². The summed E-state index contributed by atoms with van der Waals surface area (Å²) in [5.74, 6) is -0.569. The fraction of sp³-hybridized carbons (Fsp3) is 0.125. The van der Waals surface area contributed by atoms with Crippen molar-refractivity contribution in [3.05, 3.63) is 67.1 Å². The van der Waals surface area contributed by atoms with Crippen molar-refractivity contribution in [2.24, 2.45) is 5.10 Å². The molecule has 2 rings (SSSR count). The molecule has 0 aliphatic rings. The van der Waals surface area contributed by atoms with Gasteiger partial charge in [0.25, 0.3) is 11.6 Å². The molecule has 0 aliphatic heterocycles. The van der Waals surface area contributed by atoms with Crippen molar-refractivity contribution in [3.8, 4) is 0 Å². The zero-order valence-corrected chi connectivity index (χ0v) is 15.7. The van der Waals surface area contributed by atoms with Gasteiger partial charge in [-0.3, -0.25) is 14.9 Å². The van der Waals surface area contributed by atoms with Crippen LogP contribution in [0.15, 0.2) is 46.0 Å². The van der Waals surface area contributed by atoms with Gasteiger partial charge in [-0.2, -0.15) is 5.10 Å². The minimum Gasteiger partial charge on any atom is -0.377 e. The molecule has 0 spiro atoms. The molecule has 0 aliphatic carbocycles. The number of hydrogen-bond acceptors (Lipinski definition) is 5. The number of carbonyl (C=O) groups is 1. The quantitative estimate of drug-likeness (QED) is 0.448. The highest BCUT2D eigenvalue weighted by Crippen LogP contribution is 2.26. The van der Waals surface area contributed by atoms with Gasteiger partial charge < -0.3 is 4.90 Å². The van der Waals surface area contributed by atoms with Crippen LogP contribution in [0, 0.1) is 10.1 Å². The van der Waals surface area contributed by atoms with E-state index in [4.69, 9.17) is 11.6 Å². The van der Waals surface area contributed by atoms with Crippen LogP contribution in [-0.4, -0.2) is 31.1 Å². The van der Waals surface area contributed by atoms with E-state index in [0.29, 0.717) is 0 Å². The van der Waals surface area contributed by atoms with Crippen LogP contribution in [-0.2, 0) is 0 Å². The van der Waals surface area contributed by atoms with Gasteiger partial charge in [0.15, 0.2) is 0 Å². The molecule has 25 heavy (non-hydrogen) atoms. The summed E-state index contributed by atoms with van der Waals surface area (Å²) in [6.45, 7) is 0. The molecular formula is C16H14BrClN4O3. The van der Waals surface area contributed by atoms with Crippen molar-refractivity contribution in [1.82, 2.24) is 5.43 Å². The van der Waals surface area contributed by atoms with E-state index in [2.05, 4.69) is 26.5 Å². The first kappa shape index (κ1) is 18.9. The number of amides is 1. The van der Waals surface area contributed by atoms with Gasteiger partial charge in [0.1, 0.15) is 5.02 Å². The summed E-state index contributed by atoms with van der Waals surface area (Å²) in [5.41, 5.74) is 3.88. The first-order chi connectivity index (χ1) is 11.8. The smallest absolute Gasteiger partial charge is 0.288 e. The monoisotopic (exact) mass is 424 g/mol. The summed E-state index contributed by atoms with van der Waals surface area (Å²) in [6.07, 6.45) is 1.48. The summed E-state index contributed by atoms with van der Waals surface area (Å²) in [5, 5.41) is 14.7. The standard InChI is InChI=1S/C16H14BrClN4O3/c1-21(2)14-6-3-10(7-12(14)17)9-19-20-16(23)11-4-5-13(18)15(8-11)22(24)25/h3-9H,1-2H3,(H,20,23)/b19-9+. The van der Waals surface area contributed by atoms with Gasteiger partial charge in [-0.25, -0.2) is 5.43 Å². The third-order valence-electron chi connectivity index (χ3n) is 3.24. The van der Waals surface area contributed by atoms with Gasteiger partial charge in [-0.15, -0.1) is 0 Å². The summed E-state index contributed by atoms with van der Waals surface area (Å²) in [4.78, 5) is 24.2. The lowest BCUT2D eigenvalue weighted by Crippen LogP contribution is -2.17. The number of hydrazone groups is 1. The predicted octanol–water partition coefficient (Wildman–Crippen LogP) is 3.84. The molecule has 2 aromatic rings. The van der Waals surface area contributed by atoms with Gasteiger partial charge in [0.2, 0.25) is 0 Å². The average molecular weight is 426 g/mol. The second-order valence-corrected chi connectivity index (χ2v) is 6.49. The van der Waals surface area contributed by atoms with Crippen LogP contribution in [0.2, 0.25) is 5.02 Å². The number of rotatable bonds is 5. The molecular weight excluding hydrogens is 412 g/mol. The van der Waals surface area contributed by atoms with E-state index in [9.17, 15) is 14.9 Å². The Hall–Kier alpha value is -2.45. The SMILES string of the molecule is CN(C)c1ccc(/C=N/NC(=O)c2ccc(Cl)c([N+](=O)[O-])c2)cc1Br. The molecule has 7 nitrogen and oxygen atoms in total. The number of benzene rings is 2. The summed E-state index contributed by atoms with van der Waals surface area (Å²) < 4.78 is 0.890. The fourth-order valence-electron chi connectivity index (χ4n) is 1.99. The van der Waals surface area contributed by atoms with Crippen LogP contribution in [0.3, 0.4) is 0 Å². The summed E-state index contributed by atoms with van der Waals surface area (Å²) >= 11 is 9.19. The van der Waals surface area contributed by atoms with Crippen LogP contribution in [0.4, 0.5) is 11.4 Å². The van der Waals surface area contributed by atoms with E-state index in [1.165, 1.54) is 18.3 Å². The van der Waals surface area contributed by atoms with E-state index in [0.717, 1.165) is 21.8 Å². The number of nitrogens with zero attached hydrogens (tertiary/aromatic N) is 3. The second kappa shape index (κ2) is 8.09. The zero-order valence-electron chi connectivity index (χ0n) is 13.4. The largest absolute Gasteiger partial charge is 0.377 e. The summed E-state index contributed by atoms with van der Waals surface area (Å²) in [6, 6.07) is 9.42. The minimum absolute atomic E-state index is 0.0316. The second-order valence-electron chi connectivity index (χ2n) is 5.23. The van der Waals surface area contributed by atoms with Gasteiger partial charge >= 0.3 is 0 Å². The Morgan fingerprint density at radius 2 is 2.04 bits per heavy atom. The number of nitro benzene ring substituents is 1. The molecule has 0 bridgehead atoms. The highest BCUT2D eigenvalue weighted by Gasteiger charge is 2.15. The van der Waals surface area contributed by atoms with E-state index < -0.39 is 10.8 Å². The molecule has 0 saturated carbocycles. The minimum atomic E-state index is -0.647. The summed E-state index contributed by atoms with van der Waals surface area (Å²) in [7, 11) is 3.86. The van der Waals surface area contributed by atoms with E-state index in [-0.39, 0.29) is 16.3 Å². The van der Waals surface area contributed by atoms with Gasteiger partial charge in [-0.1, -0.05) is 17.7 Å². The lowest BCUT2D eigenvalue weighted by Gasteiger charge is -2.14. The Morgan fingerprint density at radius 3 is 2.64 bits per heavy atom. The topological polar surface area (TPSA) is 87.8 Å². The third kappa shape index (κ3) is 4.77. The Bertz CT molecular complexity index is 855. The highest BCUT2D eigenvalue weighted by molar-refractivity contribution is 9.10. The Labute approximate surface area is 157 Å². The van der Waals surface area contributed by atoms with Crippen molar-refractivity contribution in [2.45, 2.75) is 0 Å². The Balaban J connectivity index is 2.09. The molecule has 0 saturated heterocycles. The lowest BCUT2D eigenvalue weighted by molar-refractivity contribution is -0.384. The fourth-order valence-corrected chi connectivity index (χ4v) is 2.93. The average Bonchev–Trinajstić information content (AvgIpc) is 2.54. The van der Waals surface area contributed by atoms with Crippen LogP contribution in [0.25, 0.3) is 0 Å². The van der Waals surface area contributed by atoms with Crippen molar-refractivity contribution >= 4 is 51.0 Å². The molecule has 0 unspecified atom stereocenters. The van der Waals surface area contributed by atoms with Crippen molar-refractivity contribution in [1.29, 1.82) is 0 Å². The number of nitrogens with one attached hydrogen (secondary N) is 1. The molecule has 1 N–H and O–H groups in total. The number of nitro groups is 1. The van der Waals surface area contributed by atoms with Gasteiger partial charge in [0.05, 0.1) is 16.8 Å². The van der Waals surface area contributed by atoms with Crippen molar-refractivity contribution in [2.75, 3.05) is 19.0 Å². The maximum atomic E-state index is 12.0. The maximum absolute atomic E-state index is 12.0. The van der Waals surface area contributed by atoms with Gasteiger partial charge in [-0.05, 0) is 45.8 Å². The molecule has 9 heteroatoms. The molecule has 2 aromatic carbocycles. The van der Waals surface area contributed by atoms with Crippen molar-refractivity contribution < 1.29 is 9.72 Å². The number of hydrogen-bond donors (Lipinski definition) is 1. The van der Waals surface area contributed by atoms with Crippen LogP contribution >= 0.6 is 27.5 Å². The van der Waals surface area contributed by atoms with E-state index in [1.54, 1.807) is 0 Å². The third-order valence-corrected chi connectivity index (χ3v) is 4.19. The predicted molar refractivity (Wildman–Crippen MR) is 102 cm³/mol. The zero-order chi connectivity index (χ0) is 18.6. The van der Waals surface area contributed by atoms with Crippen LogP contribution in [0.1, 0.15) is 15.9 Å². The molecule has 1 amide bonds. The highest BCUT2D eigenvalue weighted by atomic mass is 79.9. The van der Waals surface area contributed by atoms with Crippen molar-refractivity contribution in [3.63, 3.8) is 0 Å². The molecule has 0 fully saturated rings. The lowest BCUT2D eigenvalue weighted by atomic mass is 10.2. The number of anilines is 1. The maximum Gasteiger partial charge on any atom is 0.288 e. The molecule has 0 atom stereocenters.